The Labute approximate surface area is 142 Å². The Hall–Kier alpha value is -2.66. The van der Waals surface area contributed by atoms with Gasteiger partial charge in [-0.15, -0.1) is 0 Å². The highest BCUT2D eigenvalue weighted by Gasteiger charge is 2.14. The average Bonchev–Trinajstić information content (AvgIpc) is 2.58. The predicted octanol–water partition coefficient (Wildman–Crippen LogP) is 3.04. The lowest BCUT2D eigenvalue weighted by Crippen LogP contribution is -2.28. The Balaban J connectivity index is 2.11. The van der Waals surface area contributed by atoms with Crippen molar-refractivity contribution in [1.82, 2.24) is 5.32 Å². The zero-order valence-corrected chi connectivity index (χ0v) is 14.2. The first-order chi connectivity index (χ1) is 11.5. The molecule has 0 saturated heterocycles. The van der Waals surface area contributed by atoms with Crippen LogP contribution in [0.4, 0.5) is 11.4 Å². The highest BCUT2D eigenvalue weighted by molar-refractivity contribution is 6.04. The van der Waals surface area contributed by atoms with Crippen LogP contribution in [0.15, 0.2) is 48.5 Å². The van der Waals surface area contributed by atoms with Crippen molar-refractivity contribution in [2.45, 2.75) is 13.8 Å². The summed E-state index contributed by atoms with van der Waals surface area (Å²) in [5, 5.41) is 8.76. The molecule has 5 heteroatoms. The van der Waals surface area contributed by atoms with Gasteiger partial charge in [-0.3, -0.25) is 9.59 Å². The number of hydrogen-bond acceptors (Lipinski definition) is 3. The van der Waals surface area contributed by atoms with E-state index in [1.54, 1.807) is 18.2 Å². The van der Waals surface area contributed by atoms with E-state index in [2.05, 4.69) is 16.0 Å². The van der Waals surface area contributed by atoms with Crippen molar-refractivity contribution in [2.75, 3.05) is 24.2 Å². The fourth-order valence-corrected chi connectivity index (χ4v) is 2.28. The van der Waals surface area contributed by atoms with Gasteiger partial charge in [0, 0.05) is 29.4 Å². The van der Waals surface area contributed by atoms with Crippen molar-refractivity contribution in [1.29, 1.82) is 0 Å². The first kappa shape index (κ1) is 17.7. The first-order valence-corrected chi connectivity index (χ1v) is 7.93. The van der Waals surface area contributed by atoms with Gasteiger partial charge in [0.15, 0.2) is 0 Å². The molecule has 2 rings (SSSR count). The summed E-state index contributed by atoms with van der Waals surface area (Å²) in [5.74, 6) is -0.378. The minimum absolute atomic E-state index is 0.0565. The van der Waals surface area contributed by atoms with Crippen LogP contribution in [0, 0.1) is 12.8 Å². The number of carbonyl (C=O) groups excluding carboxylic acids is 2. The lowest BCUT2D eigenvalue weighted by Gasteiger charge is -2.15. The molecule has 0 spiro atoms. The van der Waals surface area contributed by atoms with Crippen molar-refractivity contribution in [3.05, 3.63) is 59.7 Å². The monoisotopic (exact) mass is 325 g/mol. The quantitative estimate of drug-likeness (QED) is 0.764. The second kappa shape index (κ2) is 8.26. The SMILES string of the molecule is CNCC(C)C(=O)Nc1cc(NC(=O)c2ccccc2)ccc1C. The summed E-state index contributed by atoms with van der Waals surface area (Å²) in [6.45, 7) is 4.39. The third-order valence-electron chi connectivity index (χ3n) is 3.75. The van der Waals surface area contributed by atoms with Crippen LogP contribution in [0.2, 0.25) is 0 Å². The topological polar surface area (TPSA) is 70.2 Å². The van der Waals surface area contributed by atoms with E-state index < -0.39 is 0 Å². The Morgan fingerprint density at radius 3 is 2.42 bits per heavy atom. The van der Waals surface area contributed by atoms with Crippen molar-refractivity contribution in [3.8, 4) is 0 Å². The van der Waals surface area contributed by atoms with Gasteiger partial charge in [0.25, 0.3) is 5.91 Å². The van der Waals surface area contributed by atoms with Crippen LogP contribution in [-0.2, 0) is 4.79 Å². The van der Waals surface area contributed by atoms with Gasteiger partial charge < -0.3 is 16.0 Å². The lowest BCUT2D eigenvalue weighted by atomic mass is 10.1. The number of carbonyl (C=O) groups is 2. The van der Waals surface area contributed by atoms with E-state index >= 15 is 0 Å². The third kappa shape index (κ3) is 4.67. The lowest BCUT2D eigenvalue weighted by molar-refractivity contribution is -0.119. The van der Waals surface area contributed by atoms with Gasteiger partial charge in [-0.2, -0.15) is 0 Å². The summed E-state index contributed by atoms with van der Waals surface area (Å²) in [5.41, 5.74) is 2.88. The van der Waals surface area contributed by atoms with Crippen molar-refractivity contribution >= 4 is 23.2 Å². The molecule has 0 aliphatic rings. The van der Waals surface area contributed by atoms with Crippen molar-refractivity contribution < 1.29 is 9.59 Å². The molecule has 1 unspecified atom stereocenters. The van der Waals surface area contributed by atoms with Gasteiger partial charge >= 0.3 is 0 Å². The molecule has 3 N–H and O–H groups in total. The first-order valence-electron chi connectivity index (χ1n) is 7.93. The van der Waals surface area contributed by atoms with Gasteiger partial charge in [0.2, 0.25) is 5.91 Å². The molecule has 126 valence electrons. The van der Waals surface area contributed by atoms with Gasteiger partial charge in [-0.05, 0) is 43.8 Å². The molecular formula is C19H23N3O2. The van der Waals surface area contributed by atoms with Crippen LogP contribution in [0.25, 0.3) is 0 Å². The molecule has 0 aromatic heterocycles. The number of aryl methyl sites for hydroxylation is 1. The van der Waals surface area contributed by atoms with Crippen molar-refractivity contribution in [3.63, 3.8) is 0 Å². The summed E-state index contributed by atoms with van der Waals surface area (Å²) in [6.07, 6.45) is 0. The number of amides is 2. The van der Waals surface area contributed by atoms with Crippen LogP contribution >= 0.6 is 0 Å². The van der Waals surface area contributed by atoms with E-state index in [-0.39, 0.29) is 17.7 Å². The van der Waals surface area contributed by atoms with Gasteiger partial charge in [-0.25, -0.2) is 0 Å². The Morgan fingerprint density at radius 1 is 1.04 bits per heavy atom. The zero-order valence-electron chi connectivity index (χ0n) is 14.2. The van der Waals surface area contributed by atoms with Crippen LogP contribution in [-0.4, -0.2) is 25.4 Å². The molecule has 0 bridgehead atoms. The van der Waals surface area contributed by atoms with E-state index in [0.717, 1.165) is 5.56 Å². The fraction of sp³-hybridized carbons (Fsp3) is 0.263. The molecule has 5 nitrogen and oxygen atoms in total. The molecular weight excluding hydrogens is 302 g/mol. The maximum Gasteiger partial charge on any atom is 0.255 e. The van der Waals surface area contributed by atoms with E-state index in [4.69, 9.17) is 0 Å². The molecule has 2 aromatic rings. The second-order valence-corrected chi connectivity index (χ2v) is 5.80. The van der Waals surface area contributed by atoms with Gasteiger partial charge in [-0.1, -0.05) is 31.2 Å². The Bertz CT molecular complexity index is 714. The number of anilines is 2. The van der Waals surface area contributed by atoms with E-state index in [1.165, 1.54) is 0 Å². The molecule has 1 atom stereocenters. The van der Waals surface area contributed by atoms with E-state index in [1.807, 2.05) is 51.2 Å². The second-order valence-electron chi connectivity index (χ2n) is 5.80. The fourth-order valence-electron chi connectivity index (χ4n) is 2.28. The normalized spacial score (nSPS) is 11.6. The van der Waals surface area contributed by atoms with Crippen LogP contribution < -0.4 is 16.0 Å². The van der Waals surface area contributed by atoms with E-state index in [9.17, 15) is 9.59 Å². The smallest absolute Gasteiger partial charge is 0.255 e. The molecule has 0 fully saturated rings. The number of hydrogen-bond donors (Lipinski definition) is 3. The largest absolute Gasteiger partial charge is 0.325 e. The summed E-state index contributed by atoms with van der Waals surface area (Å²) < 4.78 is 0. The predicted molar refractivity (Wildman–Crippen MR) is 97.3 cm³/mol. The minimum Gasteiger partial charge on any atom is -0.325 e. The Kier molecular flexibility index (Phi) is 6.09. The van der Waals surface area contributed by atoms with E-state index in [0.29, 0.717) is 23.5 Å². The number of nitrogens with one attached hydrogen (secondary N) is 3. The standard InChI is InChI=1S/C19H23N3O2/c1-13-9-10-16(21-19(24)15-7-5-4-6-8-15)11-17(13)22-18(23)14(2)12-20-3/h4-11,14,20H,12H2,1-3H3,(H,21,24)(H,22,23). The highest BCUT2D eigenvalue weighted by Crippen LogP contribution is 2.21. The van der Waals surface area contributed by atoms with Gasteiger partial charge in [0.05, 0.1) is 0 Å². The number of benzene rings is 2. The molecule has 0 radical (unpaired) electrons. The molecule has 0 aliphatic heterocycles. The Morgan fingerprint density at radius 2 is 1.75 bits per heavy atom. The molecule has 0 heterocycles. The summed E-state index contributed by atoms with van der Waals surface area (Å²) >= 11 is 0. The summed E-state index contributed by atoms with van der Waals surface area (Å²) in [6, 6.07) is 14.5. The summed E-state index contributed by atoms with van der Waals surface area (Å²) in [7, 11) is 1.81. The third-order valence-corrected chi connectivity index (χ3v) is 3.75. The van der Waals surface area contributed by atoms with Crippen molar-refractivity contribution in [2.24, 2.45) is 5.92 Å². The molecule has 0 aliphatic carbocycles. The molecule has 2 amide bonds. The van der Waals surface area contributed by atoms with Crippen LogP contribution in [0.5, 0.6) is 0 Å². The van der Waals surface area contributed by atoms with Crippen LogP contribution in [0.3, 0.4) is 0 Å². The molecule has 24 heavy (non-hydrogen) atoms. The van der Waals surface area contributed by atoms with Crippen LogP contribution in [0.1, 0.15) is 22.8 Å². The number of rotatable bonds is 6. The average molecular weight is 325 g/mol. The zero-order chi connectivity index (χ0) is 17.5. The summed E-state index contributed by atoms with van der Waals surface area (Å²) in [4.78, 5) is 24.4. The highest BCUT2D eigenvalue weighted by atomic mass is 16.2. The maximum atomic E-state index is 12.2. The minimum atomic E-state index is -0.180. The molecule has 0 saturated carbocycles. The maximum absolute atomic E-state index is 12.2. The molecule has 2 aromatic carbocycles. The van der Waals surface area contributed by atoms with Gasteiger partial charge in [0.1, 0.15) is 0 Å².